The molecule has 7 atom stereocenters. The maximum Gasteiger partial charge on any atom is 0.327 e. The molecule has 1 aromatic rings. The molecule has 0 radical (unpaired) electrons. The zero-order chi connectivity index (χ0) is 41.9. The number of amides is 2. The van der Waals surface area contributed by atoms with Crippen LogP contribution in [0.15, 0.2) is 30.5 Å². The van der Waals surface area contributed by atoms with Crippen LogP contribution >= 0.6 is 0 Å². The molecule has 3 heterocycles. The second-order valence-electron chi connectivity index (χ2n) is 16.9. The largest absolute Gasteiger partial charge is 0.499 e. The molecule has 3 aliphatic heterocycles. The van der Waals surface area contributed by atoms with Crippen LogP contribution in [0.2, 0.25) is 0 Å². The van der Waals surface area contributed by atoms with Crippen molar-refractivity contribution in [3.63, 3.8) is 0 Å². The minimum Gasteiger partial charge on any atom is -0.499 e. The lowest BCUT2D eigenvalue weighted by molar-refractivity contribution is -0.224. The van der Waals surface area contributed by atoms with E-state index < -0.39 is 77.1 Å². The molecule has 0 aromatic heterocycles. The Hall–Kier alpha value is -3.60. The second kappa shape index (κ2) is 20.6. The van der Waals surface area contributed by atoms with Crippen molar-refractivity contribution in [2.75, 3.05) is 26.4 Å². The Labute approximate surface area is 342 Å². The lowest BCUT2D eigenvalue weighted by Gasteiger charge is -2.48. The standard InChI is InChI=1S/C43H65N3O12/c1-6-8-10-19-42(20-11-9-7-2)56-35-32-26-43(40(52)44-21-17-33(49)45-31(28-48)15-16-34(50)55-41(3,4)5)37(39(51)54-32)46(58-38(43)36(35)57-42)27-30-14-12-13-29(25-30)18-23-53-24-22-47/h12-14,18,23,25,31-32,35-38,47-48H,6-11,15-17,19-22,24,26-28H2,1-5H3,(H,44,52)(H,45,49)/t31-,32+,35-,36-,37-,38+,43-/m0/s1. The maximum atomic E-state index is 14.7. The molecule has 1 aromatic carbocycles. The number of benzene rings is 1. The summed E-state index contributed by atoms with van der Waals surface area (Å²) >= 11 is 0. The number of ether oxygens (including phenoxy) is 5. The van der Waals surface area contributed by atoms with E-state index in [1.54, 1.807) is 26.8 Å². The number of aliphatic hydroxyl groups is 2. The predicted molar refractivity (Wildman–Crippen MR) is 212 cm³/mol. The summed E-state index contributed by atoms with van der Waals surface area (Å²) in [6.45, 7) is 9.39. The van der Waals surface area contributed by atoms with Gasteiger partial charge in [0.2, 0.25) is 11.8 Å². The smallest absolute Gasteiger partial charge is 0.327 e. The monoisotopic (exact) mass is 815 g/mol. The van der Waals surface area contributed by atoms with Crippen LogP contribution in [-0.2, 0) is 54.2 Å². The number of unbranched alkanes of at least 4 members (excludes halogenated alkanes) is 4. The normalized spacial score (nSPS) is 26.5. The number of hydroxylamine groups is 2. The second-order valence-corrected chi connectivity index (χ2v) is 16.9. The van der Waals surface area contributed by atoms with E-state index in [1.165, 1.54) is 11.3 Å². The molecule has 4 N–H and O–H groups in total. The average molecular weight is 816 g/mol. The number of fused-ring (bicyclic) bond motifs is 4. The van der Waals surface area contributed by atoms with Crippen molar-refractivity contribution >= 4 is 29.8 Å². The fraction of sp³-hybridized carbons (Fsp3) is 0.721. The summed E-state index contributed by atoms with van der Waals surface area (Å²) in [6.07, 6.45) is 7.76. The highest BCUT2D eigenvalue weighted by atomic mass is 16.8. The van der Waals surface area contributed by atoms with Crippen molar-refractivity contribution in [2.24, 2.45) is 5.41 Å². The molecule has 1 saturated carbocycles. The molecule has 15 heteroatoms. The molecule has 4 fully saturated rings. The van der Waals surface area contributed by atoms with Crippen molar-refractivity contribution in [3.05, 3.63) is 41.7 Å². The van der Waals surface area contributed by atoms with E-state index in [2.05, 4.69) is 24.5 Å². The molecule has 1 aliphatic carbocycles. The summed E-state index contributed by atoms with van der Waals surface area (Å²) in [5.41, 5.74) is -0.427. The van der Waals surface area contributed by atoms with Gasteiger partial charge in [-0.3, -0.25) is 24.0 Å². The van der Waals surface area contributed by atoms with Gasteiger partial charge in [0.15, 0.2) is 11.8 Å². The van der Waals surface area contributed by atoms with Gasteiger partial charge in [-0.15, -0.1) is 0 Å². The van der Waals surface area contributed by atoms with Gasteiger partial charge in [-0.25, -0.2) is 0 Å². The van der Waals surface area contributed by atoms with Gasteiger partial charge in [-0.1, -0.05) is 63.8 Å². The Morgan fingerprint density at radius 2 is 1.76 bits per heavy atom. The molecule has 0 spiro atoms. The number of nitrogens with zero attached hydrogens (tertiary/aromatic N) is 1. The van der Waals surface area contributed by atoms with E-state index in [4.69, 9.17) is 33.6 Å². The number of esters is 2. The number of carbonyl (C=O) groups excluding carboxylic acids is 4. The third-order valence-corrected chi connectivity index (χ3v) is 11.2. The molecule has 2 amide bonds. The van der Waals surface area contributed by atoms with Gasteiger partial charge in [-0.05, 0) is 57.2 Å². The van der Waals surface area contributed by atoms with E-state index in [0.29, 0.717) is 12.8 Å². The summed E-state index contributed by atoms with van der Waals surface area (Å²) in [6, 6.07) is 5.80. The molecule has 2 bridgehead atoms. The van der Waals surface area contributed by atoms with Crippen molar-refractivity contribution in [1.82, 2.24) is 15.7 Å². The van der Waals surface area contributed by atoms with Crippen LogP contribution < -0.4 is 10.6 Å². The van der Waals surface area contributed by atoms with Crippen LogP contribution in [0.4, 0.5) is 0 Å². The van der Waals surface area contributed by atoms with E-state index in [-0.39, 0.29) is 58.6 Å². The third-order valence-electron chi connectivity index (χ3n) is 11.2. The highest BCUT2D eigenvalue weighted by Gasteiger charge is 2.76. The minimum atomic E-state index is -1.42. The fourth-order valence-corrected chi connectivity index (χ4v) is 8.57. The summed E-state index contributed by atoms with van der Waals surface area (Å²) < 4.78 is 30.6. The Bertz CT molecular complexity index is 1570. The topological polar surface area (TPSA) is 191 Å². The quantitative estimate of drug-likeness (QED) is 0.0699. The maximum absolute atomic E-state index is 14.7. The molecule has 5 rings (SSSR count). The molecule has 4 aliphatic rings. The van der Waals surface area contributed by atoms with Crippen molar-refractivity contribution in [2.45, 2.75) is 166 Å². The molecule has 0 unspecified atom stereocenters. The Morgan fingerprint density at radius 1 is 1.03 bits per heavy atom. The Morgan fingerprint density at radius 3 is 2.43 bits per heavy atom. The number of rotatable bonds is 23. The fourth-order valence-electron chi connectivity index (χ4n) is 8.57. The van der Waals surface area contributed by atoms with E-state index in [0.717, 1.165) is 49.7 Å². The Balaban J connectivity index is 1.36. The van der Waals surface area contributed by atoms with E-state index >= 15 is 0 Å². The van der Waals surface area contributed by atoms with Gasteiger partial charge in [-0.2, -0.15) is 5.06 Å². The molecule has 15 nitrogen and oxygen atoms in total. The summed E-state index contributed by atoms with van der Waals surface area (Å²) in [7, 11) is 0. The Kier molecular flexibility index (Phi) is 16.1. The zero-order valence-corrected chi connectivity index (χ0v) is 34.9. The predicted octanol–water partition coefficient (Wildman–Crippen LogP) is 4.21. The highest BCUT2D eigenvalue weighted by molar-refractivity contribution is 5.94. The van der Waals surface area contributed by atoms with Crippen LogP contribution in [0, 0.1) is 5.41 Å². The first kappa shape index (κ1) is 45.5. The average Bonchev–Trinajstić information content (AvgIpc) is 3.73. The number of carbonyl (C=O) groups is 4. The van der Waals surface area contributed by atoms with Crippen LogP contribution in [-0.4, -0.2) is 113 Å². The first-order chi connectivity index (χ1) is 27.8. The van der Waals surface area contributed by atoms with Gasteiger partial charge < -0.3 is 44.5 Å². The SMILES string of the molecule is CCCCCC1(CCCCC)O[C@@H]2[C@H](O1)[C@H]1ON(Cc3cccc(C=COCCO)c3)[C@H]3C(=O)O[C@@H]2C[C@@]13C(=O)NCCC(=O)N[C@H](CO)CCC(=O)OC(C)(C)C. The summed E-state index contributed by atoms with van der Waals surface area (Å²) in [5.74, 6) is -2.79. The number of hydrogen-bond donors (Lipinski definition) is 4. The van der Waals surface area contributed by atoms with Gasteiger partial charge in [0.1, 0.15) is 42.0 Å². The number of aliphatic hydroxyl groups excluding tert-OH is 2. The lowest BCUT2D eigenvalue weighted by atomic mass is 9.62. The zero-order valence-electron chi connectivity index (χ0n) is 34.9. The number of nitrogens with one attached hydrogen (secondary N) is 2. The van der Waals surface area contributed by atoms with Crippen molar-refractivity contribution in [3.8, 4) is 0 Å². The third kappa shape index (κ3) is 11.2. The van der Waals surface area contributed by atoms with Gasteiger partial charge in [0, 0.05) is 38.6 Å². The highest BCUT2D eigenvalue weighted by Crippen LogP contribution is 2.58. The summed E-state index contributed by atoms with van der Waals surface area (Å²) in [4.78, 5) is 60.8. The molecule has 58 heavy (non-hydrogen) atoms. The molecule has 3 saturated heterocycles. The first-order valence-corrected chi connectivity index (χ1v) is 21.2. The van der Waals surface area contributed by atoms with E-state index in [9.17, 15) is 24.3 Å². The van der Waals surface area contributed by atoms with Crippen molar-refractivity contribution < 1.29 is 57.9 Å². The van der Waals surface area contributed by atoms with Crippen LogP contribution in [0.1, 0.15) is 123 Å². The minimum absolute atomic E-state index is 0.0189. The van der Waals surface area contributed by atoms with Crippen molar-refractivity contribution in [1.29, 1.82) is 0 Å². The van der Waals surface area contributed by atoms with Crippen LogP contribution in [0.25, 0.3) is 6.08 Å². The molecular formula is C43H65N3O12. The summed E-state index contributed by atoms with van der Waals surface area (Å²) in [5, 5.41) is 26.2. The molecule has 324 valence electrons. The first-order valence-electron chi connectivity index (χ1n) is 21.2. The molecular weight excluding hydrogens is 750 g/mol. The van der Waals surface area contributed by atoms with Gasteiger partial charge >= 0.3 is 11.9 Å². The number of hydrogen-bond acceptors (Lipinski definition) is 13. The van der Waals surface area contributed by atoms with Crippen LogP contribution in [0.3, 0.4) is 0 Å². The van der Waals surface area contributed by atoms with Gasteiger partial charge in [0.05, 0.1) is 32.1 Å². The van der Waals surface area contributed by atoms with Crippen LogP contribution in [0.5, 0.6) is 0 Å². The van der Waals surface area contributed by atoms with E-state index in [1.807, 2.05) is 24.3 Å². The lowest BCUT2D eigenvalue weighted by Crippen LogP contribution is -2.69. The van der Waals surface area contributed by atoms with Gasteiger partial charge in [0.25, 0.3) is 0 Å².